The third-order valence-electron chi connectivity index (χ3n) is 3.02. The average Bonchev–Trinajstić information content (AvgIpc) is 2.53. The van der Waals surface area contributed by atoms with Crippen molar-refractivity contribution in [2.75, 3.05) is 26.1 Å². The molecule has 1 aromatic heterocycles. The number of methoxy groups -OCH3 is 1. The Hall–Kier alpha value is -1.38. The lowest BCUT2D eigenvalue weighted by molar-refractivity contribution is -0.139. The topological polar surface area (TPSA) is 70.4 Å². The lowest BCUT2D eigenvalue weighted by Gasteiger charge is -2.12. The maximum absolute atomic E-state index is 12.7. The second-order valence-corrected chi connectivity index (χ2v) is 6.46. The van der Waals surface area contributed by atoms with E-state index in [1.165, 1.54) is 16.3 Å². The summed E-state index contributed by atoms with van der Waals surface area (Å²) in [5.74, 6) is -0.226. The first-order valence-electron chi connectivity index (χ1n) is 7.04. The minimum Gasteiger partial charge on any atom is -0.465 e. The van der Waals surface area contributed by atoms with E-state index in [4.69, 9.17) is 9.47 Å². The fraction of sp³-hybridized carbons (Fsp3) is 0.400. The van der Waals surface area contributed by atoms with Crippen molar-refractivity contribution >= 4 is 44.6 Å². The summed E-state index contributed by atoms with van der Waals surface area (Å²) in [4.78, 5) is 28.7. The number of ether oxygens (including phenoxy) is 2. The number of carbonyl (C=O) groups is 1. The molecule has 23 heavy (non-hydrogen) atoms. The third kappa shape index (κ3) is 4.55. The minimum atomic E-state index is -0.332. The lowest BCUT2D eigenvalue weighted by Crippen LogP contribution is -2.25. The number of nitrogens with zero attached hydrogens (tertiary/aromatic N) is 2. The number of aromatic nitrogens is 2. The Bertz CT molecular complexity index is 763. The molecule has 0 radical (unpaired) electrons. The molecule has 124 valence electrons. The number of carbonyl (C=O) groups excluding carboxylic acids is 1. The molecule has 0 aliphatic carbocycles. The van der Waals surface area contributed by atoms with Crippen LogP contribution in [0.25, 0.3) is 10.9 Å². The maximum Gasteiger partial charge on any atom is 0.316 e. The summed E-state index contributed by atoms with van der Waals surface area (Å²) < 4.78 is 12.3. The van der Waals surface area contributed by atoms with Crippen LogP contribution in [0, 0.1) is 0 Å². The van der Waals surface area contributed by atoms with Gasteiger partial charge in [-0.15, -0.1) is 0 Å². The molecule has 8 heteroatoms. The fourth-order valence-corrected chi connectivity index (χ4v) is 3.17. The molecule has 0 spiro atoms. The molecule has 0 aliphatic rings. The van der Waals surface area contributed by atoms with Gasteiger partial charge in [-0.25, -0.2) is 4.98 Å². The molecule has 0 bridgehead atoms. The van der Waals surface area contributed by atoms with Crippen molar-refractivity contribution in [1.82, 2.24) is 9.55 Å². The predicted molar refractivity (Wildman–Crippen MR) is 92.9 cm³/mol. The van der Waals surface area contributed by atoms with Crippen molar-refractivity contribution in [3.05, 3.63) is 33.0 Å². The smallest absolute Gasteiger partial charge is 0.316 e. The highest BCUT2D eigenvalue weighted by molar-refractivity contribution is 9.10. The van der Waals surface area contributed by atoms with E-state index in [2.05, 4.69) is 20.9 Å². The van der Waals surface area contributed by atoms with E-state index in [1.54, 1.807) is 26.2 Å². The van der Waals surface area contributed by atoms with Crippen molar-refractivity contribution in [2.24, 2.45) is 0 Å². The highest BCUT2D eigenvalue weighted by Gasteiger charge is 2.14. The van der Waals surface area contributed by atoms with E-state index in [9.17, 15) is 9.59 Å². The molecule has 0 atom stereocenters. The largest absolute Gasteiger partial charge is 0.465 e. The summed E-state index contributed by atoms with van der Waals surface area (Å²) in [6, 6.07) is 5.34. The van der Waals surface area contributed by atoms with Crippen LogP contribution in [0.3, 0.4) is 0 Å². The second-order valence-electron chi connectivity index (χ2n) is 4.60. The van der Waals surface area contributed by atoms with E-state index in [0.29, 0.717) is 35.8 Å². The predicted octanol–water partition coefficient (Wildman–Crippen LogP) is 2.46. The van der Waals surface area contributed by atoms with Crippen LogP contribution in [0.4, 0.5) is 0 Å². The summed E-state index contributed by atoms with van der Waals surface area (Å²) >= 11 is 4.55. The Morgan fingerprint density at radius 1 is 1.43 bits per heavy atom. The summed E-state index contributed by atoms with van der Waals surface area (Å²) in [5.41, 5.74) is 0.443. The quantitative estimate of drug-likeness (QED) is 0.403. The lowest BCUT2D eigenvalue weighted by atomic mass is 10.2. The van der Waals surface area contributed by atoms with Crippen LogP contribution in [-0.4, -0.2) is 41.6 Å². The fourth-order valence-electron chi connectivity index (χ4n) is 1.99. The average molecular weight is 401 g/mol. The van der Waals surface area contributed by atoms with Crippen LogP contribution >= 0.6 is 27.7 Å². The number of thioether (sulfide) groups is 1. The van der Waals surface area contributed by atoms with Gasteiger partial charge in [-0.1, -0.05) is 27.7 Å². The van der Waals surface area contributed by atoms with Gasteiger partial charge in [0.1, 0.15) is 0 Å². The summed E-state index contributed by atoms with van der Waals surface area (Å²) in [6.45, 7) is 2.84. The summed E-state index contributed by atoms with van der Waals surface area (Å²) in [6.07, 6.45) is 0. The zero-order chi connectivity index (χ0) is 16.8. The van der Waals surface area contributed by atoms with Crippen molar-refractivity contribution in [3.8, 4) is 0 Å². The van der Waals surface area contributed by atoms with Gasteiger partial charge in [-0.05, 0) is 25.1 Å². The standard InChI is InChI=1S/C15H17BrN2O4S/c1-3-22-13(19)9-23-15-17-12-5-4-10(16)8-11(12)14(20)18(15)6-7-21-2/h4-5,8H,3,6-7,9H2,1-2H3. The molecule has 2 rings (SSSR count). The number of rotatable bonds is 7. The first-order valence-corrected chi connectivity index (χ1v) is 8.82. The molecular formula is C15H17BrN2O4S. The Kier molecular flexibility index (Phi) is 6.61. The van der Waals surface area contributed by atoms with E-state index >= 15 is 0 Å². The van der Waals surface area contributed by atoms with E-state index in [-0.39, 0.29) is 17.3 Å². The molecule has 1 aromatic carbocycles. The molecule has 0 N–H and O–H groups in total. The Labute approximate surface area is 146 Å². The van der Waals surface area contributed by atoms with E-state index in [0.717, 1.165) is 4.47 Å². The van der Waals surface area contributed by atoms with Gasteiger partial charge in [-0.2, -0.15) is 0 Å². The van der Waals surface area contributed by atoms with Gasteiger partial charge in [0.2, 0.25) is 0 Å². The first-order chi connectivity index (χ1) is 11.1. The van der Waals surface area contributed by atoms with Gasteiger partial charge in [-0.3, -0.25) is 14.2 Å². The van der Waals surface area contributed by atoms with Gasteiger partial charge < -0.3 is 9.47 Å². The molecule has 0 saturated heterocycles. The van der Waals surface area contributed by atoms with E-state index in [1.807, 2.05) is 6.07 Å². The van der Waals surface area contributed by atoms with Crippen molar-refractivity contribution < 1.29 is 14.3 Å². The van der Waals surface area contributed by atoms with Gasteiger partial charge in [0.15, 0.2) is 5.16 Å². The molecule has 2 aromatic rings. The highest BCUT2D eigenvalue weighted by Crippen LogP contribution is 2.20. The number of hydrogen-bond acceptors (Lipinski definition) is 6. The van der Waals surface area contributed by atoms with Crippen LogP contribution in [0.1, 0.15) is 6.92 Å². The molecule has 0 aliphatic heterocycles. The normalized spacial score (nSPS) is 10.9. The molecule has 6 nitrogen and oxygen atoms in total. The Morgan fingerprint density at radius 2 is 2.22 bits per heavy atom. The van der Waals surface area contributed by atoms with Gasteiger partial charge in [0, 0.05) is 11.6 Å². The molecular weight excluding hydrogens is 384 g/mol. The Morgan fingerprint density at radius 3 is 2.91 bits per heavy atom. The molecule has 0 saturated carbocycles. The highest BCUT2D eigenvalue weighted by atomic mass is 79.9. The third-order valence-corrected chi connectivity index (χ3v) is 4.47. The second kappa shape index (κ2) is 8.47. The van der Waals surface area contributed by atoms with Crippen molar-refractivity contribution in [3.63, 3.8) is 0 Å². The van der Waals surface area contributed by atoms with Crippen LogP contribution in [-0.2, 0) is 20.8 Å². The van der Waals surface area contributed by atoms with Crippen LogP contribution in [0.5, 0.6) is 0 Å². The molecule has 0 unspecified atom stereocenters. The van der Waals surface area contributed by atoms with Crippen LogP contribution in [0.2, 0.25) is 0 Å². The molecule has 0 fully saturated rings. The first kappa shape index (κ1) is 18.0. The maximum atomic E-state index is 12.7. The van der Waals surface area contributed by atoms with Crippen LogP contribution < -0.4 is 5.56 Å². The number of halogens is 1. The number of fused-ring (bicyclic) bond motifs is 1. The molecule has 1 heterocycles. The Balaban J connectivity index is 2.41. The minimum absolute atomic E-state index is 0.106. The van der Waals surface area contributed by atoms with Crippen LogP contribution in [0.15, 0.2) is 32.6 Å². The number of esters is 1. The van der Waals surface area contributed by atoms with Gasteiger partial charge in [0.05, 0.1) is 36.4 Å². The van der Waals surface area contributed by atoms with Crippen molar-refractivity contribution in [2.45, 2.75) is 18.6 Å². The zero-order valence-electron chi connectivity index (χ0n) is 12.9. The summed E-state index contributed by atoms with van der Waals surface area (Å²) in [7, 11) is 1.57. The monoisotopic (exact) mass is 400 g/mol. The molecule has 0 amide bonds. The summed E-state index contributed by atoms with van der Waals surface area (Å²) in [5, 5.41) is 1.01. The van der Waals surface area contributed by atoms with Gasteiger partial charge in [0.25, 0.3) is 5.56 Å². The van der Waals surface area contributed by atoms with Gasteiger partial charge >= 0.3 is 5.97 Å². The zero-order valence-corrected chi connectivity index (χ0v) is 15.3. The number of benzene rings is 1. The SMILES string of the molecule is CCOC(=O)CSc1nc2ccc(Br)cc2c(=O)n1CCOC. The number of hydrogen-bond donors (Lipinski definition) is 0. The van der Waals surface area contributed by atoms with Crippen molar-refractivity contribution in [1.29, 1.82) is 0 Å². The van der Waals surface area contributed by atoms with E-state index < -0.39 is 0 Å².